The second kappa shape index (κ2) is 3.87. The van der Waals surface area contributed by atoms with E-state index in [9.17, 15) is 9.59 Å². The molecule has 1 aliphatic rings. The van der Waals surface area contributed by atoms with Crippen LogP contribution in [0.4, 0.5) is 0 Å². The largest absolute Gasteiger partial charge is 0.289 e. The summed E-state index contributed by atoms with van der Waals surface area (Å²) >= 11 is 1.41. The fraction of sp³-hybridized carbons (Fsp3) is 0.250. The summed E-state index contributed by atoms with van der Waals surface area (Å²) < 4.78 is 0.998. The third-order valence-corrected chi connectivity index (χ3v) is 4.56. The van der Waals surface area contributed by atoms with E-state index in [0.717, 1.165) is 10.1 Å². The first-order valence-electron chi connectivity index (χ1n) is 6.22. The highest BCUT2D eigenvalue weighted by Crippen LogP contribution is 2.40. The normalized spacial score (nSPS) is 15.6. The maximum absolute atomic E-state index is 12.7. The molecule has 0 amide bonds. The van der Waals surface area contributed by atoms with Gasteiger partial charge in [0, 0.05) is 15.7 Å². The van der Waals surface area contributed by atoms with Crippen molar-refractivity contribution in [3.05, 3.63) is 46.4 Å². The molecule has 0 radical (unpaired) electrons. The first-order chi connectivity index (χ1) is 8.89. The SMILES string of the molecule is CC(C)(C)C1=CC(=O)c2sc3ccccc3c2C1=O. The fourth-order valence-electron chi connectivity index (χ4n) is 2.40. The summed E-state index contributed by atoms with van der Waals surface area (Å²) in [5.74, 6) is -0.0414. The van der Waals surface area contributed by atoms with Gasteiger partial charge in [-0.2, -0.15) is 0 Å². The standard InChI is InChI=1S/C16H14O2S/c1-16(2,3)10-8-11(17)15-13(14(10)18)9-6-4-5-7-12(9)19-15/h4-8H,1-3H3. The van der Waals surface area contributed by atoms with Gasteiger partial charge in [-0.1, -0.05) is 39.0 Å². The maximum Gasteiger partial charge on any atom is 0.196 e. The van der Waals surface area contributed by atoms with Gasteiger partial charge in [-0.25, -0.2) is 0 Å². The van der Waals surface area contributed by atoms with Crippen LogP contribution in [0.5, 0.6) is 0 Å². The third kappa shape index (κ3) is 1.77. The quantitative estimate of drug-likeness (QED) is 0.717. The van der Waals surface area contributed by atoms with Crippen LogP contribution < -0.4 is 0 Å². The molecule has 0 unspecified atom stereocenters. The highest BCUT2D eigenvalue weighted by molar-refractivity contribution is 7.21. The van der Waals surface area contributed by atoms with E-state index in [0.29, 0.717) is 16.0 Å². The summed E-state index contributed by atoms with van der Waals surface area (Å²) in [4.78, 5) is 25.5. The van der Waals surface area contributed by atoms with Gasteiger partial charge in [0.15, 0.2) is 11.6 Å². The molecule has 0 atom stereocenters. The van der Waals surface area contributed by atoms with Crippen LogP contribution in [-0.2, 0) is 0 Å². The minimum Gasteiger partial charge on any atom is -0.289 e. The number of carbonyl (C=O) groups excluding carboxylic acids is 2. The van der Waals surface area contributed by atoms with Crippen molar-refractivity contribution in [2.45, 2.75) is 20.8 Å². The number of hydrogen-bond acceptors (Lipinski definition) is 3. The Bertz CT molecular complexity index is 742. The van der Waals surface area contributed by atoms with Gasteiger partial charge in [0.05, 0.1) is 10.4 Å². The molecule has 0 N–H and O–H groups in total. The minimum atomic E-state index is -0.312. The number of fused-ring (bicyclic) bond motifs is 3. The second-order valence-corrected chi connectivity index (χ2v) is 6.86. The molecule has 0 bridgehead atoms. The van der Waals surface area contributed by atoms with Crippen molar-refractivity contribution in [1.29, 1.82) is 0 Å². The Morgan fingerprint density at radius 1 is 1.05 bits per heavy atom. The first-order valence-corrected chi connectivity index (χ1v) is 7.04. The Kier molecular flexibility index (Phi) is 2.51. The molecule has 3 heteroatoms. The molecule has 2 nitrogen and oxygen atoms in total. The predicted molar refractivity (Wildman–Crippen MR) is 78.0 cm³/mol. The van der Waals surface area contributed by atoms with Gasteiger partial charge in [-0.15, -0.1) is 11.3 Å². The number of ketones is 2. The van der Waals surface area contributed by atoms with E-state index in [1.807, 2.05) is 45.0 Å². The zero-order valence-corrected chi connectivity index (χ0v) is 11.9. The topological polar surface area (TPSA) is 34.1 Å². The number of hydrogen-bond donors (Lipinski definition) is 0. The summed E-state index contributed by atoms with van der Waals surface area (Å²) in [5, 5.41) is 0.899. The molecule has 1 heterocycles. The van der Waals surface area contributed by atoms with Crippen LogP contribution in [0, 0.1) is 5.41 Å². The van der Waals surface area contributed by atoms with Crippen molar-refractivity contribution in [3.8, 4) is 0 Å². The Hall–Kier alpha value is -1.74. The van der Waals surface area contributed by atoms with Gasteiger partial charge in [-0.3, -0.25) is 9.59 Å². The van der Waals surface area contributed by atoms with Gasteiger partial charge in [-0.05, 0) is 17.6 Å². The summed E-state index contributed by atoms with van der Waals surface area (Å²) in [6.45, 7) is 5.89. The number of benzene rings is 1. The van der Waals surface area contributed by atoms with Crippen molar-refractivity contribution < 1.29 is 9.59 Å². The molecular formula is C16H14O2S. The Morgan fingerprint density at radius 3 is 2.42 bits per heavy atom. The van der Waals surface area contributed by atoms with E-state index >= 15 is 0 Å². The predicted octanol–water partition coefficient (Wildman–Crippen LogP) is 4.25. The van der Waals surface area contributed by atoms with E-state index in [4.69, 9.17) is 0 Å². The highest BCUT2D eigenvalue weighted by atomic mass is 32.1. The second-order valence-electron chi connectivity index (χ2n) is 5.80. The molecule has 1 aromatic heterocycles. The monoisotopic (exact) mass is 270 g/mol. The number of Topliss-reactive ketones (excluding diaryl/α,β-unsaturated/α-hetero) is 1. The zero-order valence-electron chi connectivity index (χ0n) is 11.1. The smallest absolute Gasteiger partial charge is 0.196 e. The Balaban J connectivity index is 2.31. The molecule has 0 fully saturated rings. The van der Waals surface area contributed by atoms with Crippen LogP contribution in [0.15, 0.2) is 35.9 Å². The van der Waals surface area contributed by atoms with Crippen molar-refractivity contribution in [3.63, 3.8) is 0 Å². The minimum absolute atomic E-state index is 0.000417. The number of carbonyl (C=O) groups is 2. The van der Waals surface area contributed by atoms with Crippen LogP contribution in [0.1, 0.15) is 40.8 Å². The number of thiophene rings is 1. The molecule has 96 valence electrons. The van der Waals surface area contributed by atoms with Crippen LogP contribution in [0.25, 0.3) is 10.1 Å². The van der Waals surface area contributed by atoms with Crippen molar-refractivity contribution in [1.82, 2.24) is 0 Å². The van der Waals surface area contributed by atoms with Gasteiger partial charge in [0.1, 0.15) is 0 Å². The van der Waals surface area contributed by atoms with E-state index in [-0.39, 0.29) is 17.0 Å². The molecule has 0 saturated heterocycles. The molecule has 1 aliphatic carbocycles. The number of allylic oxidation sites excluding steroid dienone is 2. The molecule has 2 aromatic rings. The van der Waals surface area contributed by atoms with Crippen LogP contribution in [-0.4, -0.2) is 11.6 Å². The molecule has 3 rings (SSSR count). The van der Waals surface area contributed by atoms with Crippen LogP contribution in [0.3, 0.4) is 0 Å². The van der Waals surface area contributed by atoms with Crippen molar-refractivity contribution in [2.75, 3.05) is 0 Å². The number of rotatable bonds is 0. The Morgan fingerprint density at radius 2 is 1.74 bits per heavy atom. The highest BCUT2D eigenvalue weighted by Gasteiger charge is 2.34. The molecule has 1 aromatic carbocycles. The average molecular weight is 270 g/mol. The molecule has 0 spiro atoms. The lowest BCUT2D eigenvalue weighted by Gasteiger charge is -2.24. The lowest BCUT2D eigenvalue weighted by atomic mass is 9.78. The van der Waals surface area contributed by atoms with Crippen LogP contribution in [0.2, 0.25) is 0 Å². The third-order valence-electron chi connectivity index (χ3n) is 3.37. The molecule has 19 heavy (non-hydrogen) atoms. The van der Waals surface area contributed by atoms with Crippen molar-refractivity contribution in [2.24, 2.45) is 5.41 Å². The molecular weight excluding hydrogens is 256 g/mol. The van der Waals surface area contributed by atoms with E-state index < -0.39 is 0 Å². The Labute approximate surface area is 115 Å². The molecule has 0 saturated carbocycles. The zero-order chi connectivity index (χ0) is 13.8. The lowest BCUT2D eigenvalue weighted by molar-refractivity contribution is 0.0971. The van der Waals surface area contributed by atoms with Gasteiger partial charge in [0.25, 0.3) is 0 Å². The first kappa shape index (κ1) is 12.3. The average Bonchev–Trinajstić information content (AvgIpc) is 2.72. The molecule has 0 aliphatic heterocycles. The lowest BCUT2D eigenvalue weighted by Crippen LogP contribution is -2.24. The van der Waals surface area contributed by atoms with Crippen LogP contribution >= 0.6 is 11.3 Å². The van der Waals surface area contributed by atoms with E-state index in [2.05, 4.69) is 0 Å². The van der Waals surface area contributed by atoms with Gasteiger partial charge in [0.2, 0.25) is 0 Å². The summed E-state index contributed by atoms with van der Waals surface area (Å²) in [6.07, 6.45) is 1.51. The van der Waals surface area contributed by atoms with Gasteiger partial charge < -0.3 is 0 Å². The van der Waals surface area contributed by atoms with E-state index in [1.54, 1.807) is 0 Å². The summed E-state index contributed by atoms with van der Waals surface area (Å²) in [5.41, 5.74) is 0.889. The van der Waals surface area contributed by atoms with Gasteiger partial charge >= 0.3 is 0 Å². The maximum atomic E-state index is 12.7. The van der Waals surface area contributed by atoms with Crippen molar-refractivity contribution >= 4 is 33.0 Å². The fourth-order valence-corrected chi connectivity index (χ4v) is 3.51. The summed E-state index contributed by atoms with van der Waals surface area (Å²) in [7, 11) is 0. The summed E-state index contributed by atoms with van der Waals surface area (Å²) in [6, 6.07) is 7.70. The van der Waals surface area contributed by atoms with E-state index in [1.165, 1.54) is 17.4 Å².